The van der Waals surface area contributed by atoms with Crippen molar-refractivity contribution in [2.75, 3.05) is 6.61 Å². The Labute approximate surface area is 118 Å². The van der Waals surface area contributed by atoms with Crippen molar-refractivity contribution in [1.29, 1.82) is 0 Å². The molecule has 0 spiro atoms. The molecule has 100 valence electrons. The van der Waals surface area contributed by atoms with Gasteiger partial charge in [-0.15, -0.1) is 11.3 Å². The molecule has 1 heterocycles. The van der Waals surface area contributed by atoms with Gasteiger partial charge in [0.25, 0.3) is 0 Å². The summed E-state index contributed by atoms with van der Waals surface area (Å²) in [5.74, 6) is 0.924. The minimum atomic E-state index is 0.354. The number of rotatable bonds is 7. The van der Waals surface area contributed by atoms with E-state index in [-0.39, 0.29) is 0 Å². The second kappa shape index (κ2) is 7.12. The fraction of sp³-hybridized carbons (Fsp3) is 0.250. The zero-order valence-corrected chi connectivity index (χ0v) is 12.0. The van der Waals surface area contributed by atoms with Crippen LogP contribution in [0.15, 0.2) is 54.4 Å². The van der Waals surface area contributed by atoms with E-state index in [2.05, 4.69) is 42.4 Å². The number of nitrogens with one attached hydrogen (secondary N) is 1. The van der Waals surface area contributed by atoms with Crippen LogP contribution in [-0.4, -0.2) is 6.61 Å². The maximum Gasteiger partial charge on any atom is 0.124 e. The molecule has 1 N–H and O–H groups in total. The van der Waals surface area contributed by atoms with Gasteiger partial charge in [-0.25, -0.2) is 0 Å². The number of para-hydroxylation sites is 1. The van der Waals surface area contributed by atoms with E-state index in [1.165, 1.54) is 10.4 Å². The van der Waals surface area contributed by atoms with Gasteiger partial charge in [0.1, 0.15) is 12.4 Å². The van der Waals surface area contributed by atoms with Crippen molar-refractivity contribution in [1.82, 2.24) is 5.32 Å². The van der Waals surface area contributed by atoms with E-state index in [0.29, 0.717) is 12.6 Å². The molecule has 1 atom stereocenters. The third-order valence-corrected chi connectivity index (χ3v) is 3.95. The van der Waals surface area contributed by atoms with Crippen molar-refractivity contribution in [3.05, 3.63) is 64.9 Å². The highest BCUT2D eigenvalue weighted by Gasteiger charge is 2.07. The van der Waals surface area contributed by atoms with Crippen LogP contribution in [0, 0.1) is 0 Å². The van der Waals surface area contributed by atoms with E-state index in [1.807, 2.05) is 18.2 Å². The first kappa shape index (κ1) is 13.8. The highest BCUT2D eigenvalue weighted by atomic mass is 32.1. The molecule has 0 amide bonds. The Balaban J connectivity index is 1.97. The van der Waals surface area contributed by atoms with Crippen LogP contribution in [0.25, 0.3) is 0 Å². The lowest BCUT2D eigenvalue weighted by atomic mass is 10.2. The number of ether oxygens (including phenoxy) is 1. The lowest BCUT2D eigenvalue weighted by Crippen LogP contribution is -2.17. The topological polar surface area (TPSA) is 21.3 Å². The number of hydrogen-bond acceptors (Lipinski definition) is 3. The number of benzene rings is 1. The molecule has 0 aliphatic rings. The zero-order chi connectivity index (χ0) is 13.5. The Morgan fingerprint density at radius 3 is 2.89 bits per heavy atom. The van der Waals surface area contributed by atoms with Gasteiger partial charge < -0.3 is 10.1 Å². The second-order valence-corrected chi connectivity index (χ2v) is 5.30. The Morgan fingerprint density at radius 1 is 1.32 bits per heavy atom. The third-order valence-electron chi connectivity index (χ3n) is 2.90. The first-order valence-electron chi connectivity index (χ1n) is 6.39. The van der Waals surface area contributed by atoms with Crippen molar-refractivity contribution in [2.45, 2.75) is 19.5 Å². The van der Waals surface area contributed by atoms with Gasteiger partial charge >= 0.3 is 0 Å². The van der Waals surface area contributed by atoms with Crippen LogP contribution >= 0.6 is 11.3 Å². The van der Waals surface area contributed by atoms with Gasteiger partial charge in [-0.2, -0.15) is 0 Å². The van der Waals surface area contributed by atoms with Crippen molar-refractivity contribution in [3.63, 3.8) is 0 Å². The average molecular weight is 273 g/mol. The first-order chi connectivity index (χ1) is 9.31. The molecule has 2 nitrogen and oxygen atoms in total. The van der Waals surface area contributed by atoms with Crippen molar-refractivity contribution in [3.8, 4) is 5.75 Å². The minimum absolute atomic E-state index is 0.354. The van der Waals surface area contributed by atoms with E-state index in [4.69, 9.17) is 4.74 Å². The van der Waals surface area contributed by atoms with E-state index in [0.717, 1.165) is 12.3 Å². The molecule has 0 aliphatic carbocycles. The molecule has 0 unspecified atom stereocenters. The molecule has 0 saturated carbocycles. The van der Waals surface area contributed by atoms with Crippen LogP contribution in [0.1, 0.15) is 23.4 Å². The average Bonchev–Trinajstić information content (AvgIpc) is 2.97. The van der Waals surface area contributed by atoms with E-state index >= 15 is 0 Å². The first-order valence-corrected chi connectivity index (χ1v) is 7.27. The molecule has 0 radical (unpaired) electrons. The molecule has 2 aromatic rings. The molecular weight excluding hydrogens is 254 g/mol. The van der Waals surface area contributed by atoms with Gasteiger partial charge in [0.15, 0.2) is 0 Å². The summed E-state index contributed by atoms with van der Waals surface area (Å²) in [5.41, 5.74) is 1.17. The van der Waals surface area contributed by atoms with Crippen LogP contribution in [-0.2, 0) is 6.54 Å². The predicted octanol–water partition coefficient (Wildman–Crippen LogP) is 4.16. The highest BCUT2D eigenvalue weighted by molar-refractivity contribution is 7.10. The molecule has 19 heavy (non-hydrogen) atoms. The maximum atomic E-state index is 5.65. The summed E-state index contributed by atoms with van der Waals surface area (Å²) in [4.78, 5) is 1.35. The Morgan fingerprint density at radius 2 is 2.16 bits per heavy atom. The summed E-state index contributed by atoms with van der Waals surface area (Å²) in [6.45, 7) is 7.19. The smallest absolute Gasteiger partial charge is 0.124 e. The van der Waals surface area contributed by atoms with Gasteiger partial charge in [0, 0.05) is 23.0 Å². The Kier molecular flexibility index (Phi) is 5.19. The monoisotopic (exact) mass is 273 g/mol. The van der Waals surface area contributed by atoms with Gasteiger partial charge in [0.05, 0.1) is 0 Å². The molecule has 0 bridgehead atoms. The Bertz CT molecular complexity index is 507. The highest BCUT2D eigenvalue weighted by Crippen LogP contribution is 2.21. The molecule has 0 aliphatic heterocycles. The second-order valence-electron chi connectivity index (χ2n) is 4.33. The van der Waals surface area contributed by atoms with E-state index < -0.39 is 0 Å². The zero-order valence-electron chi connectivity index (χ0n) is 11.1. The maximum absolute atomic E-state index is 5.65. The molecule has 0 fully saturated rings. The van der Waals surface area contributed by atoms with E-state index in [9.17, 15) is 0 Å². The van der Waals surface area contributed by atoms with Gasteiger partial charge in [-0.05, 0) is 24.4 Å². The number of thiophene rings is 1. The van der Waals surface area contributed by atoms with Crippen LogP contribution in [0.2, 0.25) is 0 Å². The fourth-order valence-electron chi connectivity index (χ4n) is 1.84. The summed E-state index contributed by atoms with van der Waals surface area (Å²) in [5, 5.41) is 5.63. The van der Waals surface area contributed by atoms with Crippen molar-refractivity contribution >= 4 is 11.3 Å². The largest absolute Gasteiger partial charge is 0.489 e. The molecule has 1 aromatic heterocycles. The number of hydrogen-bond donors (Lipinski definition) is 1. The molecular formula is C16H19NOS. The Hall–Kier alpha value is -1.58. The van der Waals surface area contributed by atoms with Crippen molar-refractivity contribution in [2.24, 2.45) is 0 Å². The summed E-state index contributed by atoms with van der Waals surface area (Å²) < 4.78 is 5.65. The molecule has 0 saturated heterocycles. The lowest BCUT2D eigenvalue weighted by molar-refractivity contribution is 0.357. The summed E-state index contributed by atoms with van der Waals surface area (Å²) in [7, 11) is 0. The quantitative estimate of drug-likeness (QED) is 0.765. The van der Waals surface area contributed by atoms with Crippen LogP contribution in [0.4, 0.5) is 0 Å². The summed E-state index contributed by atoms with van der Waals surface area (Å²) >= 11 is 1.78. The summed E-state index contributed by atoms with van der Waals surface area (Å²) in [6, 6.07) is 12.7. The van der Waals surface area contributed by atoms with E-state index in [1.54, 1.807) is 17.4 Å². The van der Waals surface area contributed by atoms with Gasteiger partial charge in [-0.1, -0.05) is 36.9 Å². The normalized spacial score (nSPS) is 12.1. The van der Waals surface area contributed by atoms with Crippen LogP contribution < -0.4 is 10.1 Å². The standard InChI is InChI=1S/C16H19NOS/c1-3-10-18-15-8-5-4-7-14(15)12-17-13(2)16-9-6-11-19-16/h3-9,11,13,17H,1,10,12H2,2H3/t13-/m1/s1. The predicted molar refractivity (Wildman–Crippen MR) is 81.7 cm³/mol. The lowest BCUT2D eigenvalue weighted by Gasteiger charge is -2.14. The SMILES string of the molecule is C=CCOc1ccccc1CN[C@H](C)c1cccs1. The van der Waals surface area contributed by atoms with Crippen LogP contribution in [0.5, 0.6) is 5.75 Å². The third kappa shape index (κ3) is 3.94. The van der Waals surface area contributed by atoms with Crippen molar-refractivity contribution < 1.29 is 4.74 Å². The molecule has 1 aromatic carbocycles. The molecule has 2 rings (SSSR count). The summed E-state index contributed by atoms with van der Waals surface area (Å²) in [6.07, 6.45) is 1.76. The van der Waals surface area contributed by atoms with Gasteiger partial charge in [-0.3, -0.25) is 0 Å². The van der Waals surface area contributed by atoms with Crippen LogP contribution in [0.3, 0.4) is 0 Å². The van der Waals surface area contributed by atoms with Gasteiger partial charge in [0.2, 0.25) is 0 Å². The molecule has 3 heteroatoms. The minimum Gasteiger partial charge on any atom is -0.489 e. The fourth-order valence-corrected chi connectivity index (χ4v) is 2.60.